The van der Waals surface area contributed by atoms with E-state index in [9.17, 15) is 22.0 Å². The van der Waals surface area contributed by atoms with Gasteiger partial charge in [-0.15, -0.1) is 0 Å². The van der Waals surface area contributed by atoms with Crippen LogP contribution in [0.5, 0.6) is 0 Å². The van der Waals surface area contributed by atoms with Gasteiger partial charge in [-0.3, -0.25) is 4.79 Å². The van der Waals surface area contributed by atoms with Crippen molar-refractivity contribution in [3.63, 3.8) is 0 Å². The third-order valence-electron chi connectivity index (χ3n) is 5.28. The largest absolute Gasteiger partial charge is 0.308 e. The number of fused-ring (bicyclic) bond motifs is 1. The number of carbonyl (C=O) groups is 1. The van der Waals surface area contributed by atoms with Gasteiger partial charge in [-0.1, -0.05) is 36.4 Å². The molecule has 4 rings (SSSR count). The van der Waals surface area contributed by atoms with E-state index in [1.54, 1.807) is 6.92 Å². The number of amides is 1. The van der Waals surface area contributed by atoms with E-state index in [0.29, 0.717) is 0 Å². The number of anilines is 1. The minimum absolute atomic E-state index is 0.0639. The van der Waals surface area contributed by atoms with Crippen LogP contribution in [-0.4, -0.2) is 20.9 Å². The van der Waals surface area contributed by atoms with Gasteiger partial charge in [0.15, 0.2) is 0 Å². The predicted molar refractivity (Wildman–Crippen MR) is 113 cm³/mol. The molecule has 1 amide bonds. The normalized spacial score (nSPS) is 14.4. The summed E-state index contributed by atoms with van der Waals surface area (Å²) >= 11 is 0. The average molecular weight is 442 g/mol. The molecule has 0 bridgehead atoms. The van der Waals surface area contributed by atoms with Crippen molar-refractivity contribution in [3.05, 3.63) is 95.1 Å². The van der Waals surface area contributed by atoms with Crippen LogP contribution in [0.4, 0.5) is 14.5 Å². The number of nitrogens with one attached hydrogen (secondary N) is 1. The molecule has 1 unspecified atom stereocenters. The Labute approximate surface area is 179 Å². The second-order valence-electron chi connectivity index (χ2n) is 7.37. The van der Waals surface area contributed by atoms with Crippen LogP contribution >= 0.6 is 0 Å². The van der Waals surface area contributed by atoms with Crippen molar-refractivity contribution in [2.45, 2.75) is 24.3 Å². The Bertz CT molecular complexity index is 1250. The van der Waals surface area contributed by atoms with Gasteiger partial charge in [0.2, 0.25) is 10.0 Å². The summed E-state index contributed by atoms with van der Waals surface area (Å²) < 4.78 is 56.0. The molecule has 1 heterocycles. The number of carbonyl (C=O) groups excluding carboxylic acids is 1. The molecule has 3 aromatic rings. The summed E-state index contributed by atoms with van der Waals surface area (Å²) in [7, 11) is -3.90. The van der Waals surface area contributed by atoms with Crippen molar-refractivity contribution in [3.8, 4) is 0 Å². The Balaban J connectivity index is 1.60. The van der Waals surface area contributed by atoms with Crippen LogP contribution in [0, 0.1) is 11.6 Å². The Kier molecular flexibility index (Phi) is 5.60. The van der Waals surface area contributed by atoms with Gasteiger partial charge in [0.25, 0.3) is 5.91 Å². The highest BCUT2D eigenvalue weighted by Crippen LogP contribution is 2.32. The maximum absolute atomic E-state index is 14.0. The fraction of sp³-hybridized carbons (Fsp3) is 0.174. The molecule has 8 heteroatoms. The fourth-order valence-corrected chi connectivity index (χ4v) is 4.97. The SMILES string of the molecule is CC(NS(=O)(=O)c1cccc(C(=O)N2CCc3c(F)cc(F)cc32)c1)c1ccccc1. The quantitative estimate of drug-likeness (QED) is 0.644. The summed E-state index contributed by atoms with van der Waals surface area (Å²) in [5.41, 5.74) is 1.37. The zero-order chi connectivity index (χ0) is 22.2. The smallest absolute Gasteiger partial charge is 0.258 e. The first-order valence-corrected chi connectivity index (χ1v) is 11.2. The molecule has 0 spiro atoms. The summed E-state index contributed by atoms with van der Waals surface area (Å²) in [4.78, 5) is 14.2. The predicted octanol–water partition coefficient (Wildman–Crippen LogP) is 4.21. The van der Waals surface area contributed by atoms with Crippen molar-refractivity contribution >= 4 is 21.6 Å². The second kappa shape index (κ2) is 8.20. The first-order chi connectivity index (χ1) is 14.8. The Hall–Kier alpha value is -3.10. The van der Waals surface area contributed by atoms with Gasteiger partial charge >= 0.3 is 0 Å². The minimum Gasteiger partial charge on any atom is -0.308 e. The van der Waals surface area contributed by atoms with Crippen molar-refractivity contribution < 1.29 is 22.0 Å². The summed E-state index contributed by atoms with van der Waals surface area (Å²) in [6, 6.07) is 16.2. The molecule has 3 aromatic carbocycles. The molecule has 0 aromatic heterocycles. The van der Waals surface area contributed by atoms with Gasteiger partial charge in [-0.05, 0) is 43.2 Å². The molecule has 1 atom stereocenters. The van der Waals surface area contributed by atoms with Crippen molar-refractivity contribution in [2.24, 2.45) is 0 Å². The molecule has 1 aliphatic heterocycles. The molecule has 31 heavy (non-hydrogen) atoms. The van der Waals surface area contributed by atoms with E-state index in [4.69, 9.17) is 0 Å². The topological polar surface area (TPSA) is 66.5 Å². The van der Waals surface area contributed by atoms with Gasteiger partial charge < -0.3 is 4.90 Å². The standard InChI is InChI=1S/C23H20F2N2O3S/c1-15(16-6-3-2-4-7-16)26-31(29,30)19-9-5-8-17(12-19)23(28)27-11-10-20-21(25)13-18(24)14-22(20)27/h2-9,12-15,26H,10-11H2,1H3. The lowest BCUT2D eigenvalue weighted by Crippen LogP contribution is -2.30. The molecular weight excluding hydrogens is 422 g/mol. The molecule has 1 N–H and O–H groups in total. The van der Waals surface area contributed by atoms with Gasteiger partial charge in [-0.25, -0.2) is 21.9 Å². The summed E-state index contributed by atoms with van der Waals surface area (Å²) in [6.45, 7) is 1.92. The Morgan fingerprint density at radius 1 is 1.03 bits per heavy atom. The molecule has 160 valence electrons. The van der Waals surface area contributed by atoms with E-state index in [2.05, 4.69) is 4.72 Å². The maximum Gasteiger partial charge on any atom is 0.258 e. The molecule has 0 saturated carbocycles. The van der Waals surface area contributed by atoms with Crippen LogP contribution in [0.25, 0.3) is 0 Å². The highest BCUT2D eigenvalue weighted by atomic mass is 32.2. The van der Waals surface area contributed by atoms with E-state index in [0.717, 1.165) is 17.7 Å². The van der Waals surface area contributed by atoms with E-state index < -0.39 is 33.6 Å². The second-order valence-corrected chi connectivity index (χ2v) is 9.09. The van der Waals surface area contributed by atoms with Crippen LogP contribution in [0.1, 0.15) is 34.5 Å². The molecule has 5 nitrogen and oxygen atoms in total. The third kappa shape index (κ3) is 4.22. The lowest BCUT2D eigenvalue weighted by Gasteiger charge is -2.19. The fourth-order valence-electron chi connectivity index (χ4n) is 3.70. The van der Waals surface area contributed by atoms with Crippen LogP contribution < -0.4 is 9.62 Å². The number of sulfonamides is 1. The zero-order valence-electron chi connectivity index (χ0n) is 16.7. The maximum atomic E-state index is 14.0. The number of benzene rings is 3. The van der Waals surface area contributed by atoms with E-state index in [-0.39, 0.29) is 34.7 Å². The van der Waals surface area contributed by atoms with E-state index in [1.807, 2.05) is 30.3 Å². The number of halogens is 2. The van der Waals surface area contributed by atoms with Gasteiger partial charge in [-0.2, -0.15) is 0 Å². The van der Waals surface area contributed by atoms with Gasteiger partial charge in [0.05, 0.1) is 10.6 Å². The number of nitrogens with zero attached hydrogens (tertiary/aromatic N) is 1. The highest BCUT2D eigenvalue weighted by Gasteiger charge is 2.29. The Morgan fingerprint density at radius 3 is 2.52 bits per heavy atom. The van der Waals surface area contributed by atoms with Gasteiger partial charge in [0.1, 0.15) is 11.6 Å². The molecule has 0 aliphatic carbocycles. The summed E-state index contributed by atoms with van der Waals surface area (Å²) in [5, 5.41) is 0. The highest BCUT2D eigenvalue weighted by molar-refractivity contribution is 7.89. The molecule has 0 saturated heterocycles. The third-order valence-corrected chi connectivity index (χ3v) is 6.82. The minimum atomic E-state index is -3.90. The van der Waals surface area contributed by atoms with Crippen LogP contribution in [0.15, 0.2) is 71.6 Å². The molecule has 1 aliphatic rings. The number of rotatable bonds is 5. The monoisotopic (exact) mass is 442 g/mol. The molecule has 0 radical (unpaired) electrons. The van der Waals surface area contributed by atoms with Crippen LogP contribution in [0.2, 0.25) is 0 Å². The van der Waals surface area contributed by atoms with E-state index in [1.165, 1.54) is 29.2 Å². The zero-order valence-corrected chi connectivity index (χ0v) is 17.5. The summed E-state index contributed by atoms with van der Waals surface area (Å²) in [5.74, 6) is -1.98. The van der Waals surface area contributed by atoms with Crippen LogP contribution in [-0.2, 0) is 16.4 Å². The number of hydrogen-bond acceptors (Lipinski definition) is 3. The lowest BCUT2D eigenvalue weighted by atomic mass is 10.1. The lowest BCUT2D eigenvalue weighted by molar-refractivity contribution is 0.0989. The first kappa shape index (κ1) is 21.1. The summed E-state index contributed by atoms with van der Waals surface area (Å²) in [6.07, 6.45) is 0.265. The van der Waals surface area contributed by atoms with Crippen molar-refractivity contribution in [1.82, 2.24) is 4.72 Å². The van der Waals surface area contributed by atoms with Crippen molar-refractivity contribution in [1.29, 1.82) is 0 Å². The van der Waals surface area contributed by atoms with E-state index >= 15 is 0 Å². The molecule has 0 fully saturated rings. The first-order valence-electron chi connectivity index (χ1n) is 9.73. The van der Waals surface area contributed by atoms with Gasteiger partial charge in [0, 0.05) is 29.8 Å². The molecular formula is C23H20F2N2O3S. The van der Waals surface area contributed by atoms with Crippen LogP contribution in [0.3, 0.4) is 0 Å². The average Bonchev–Trinajstić information content (AvgIpc) is 3.18. The Morgan fingerprint density at radius 2 is 1.77 bits per heavy atom. The number of hydrogen-bond donors (Lipinski definition) is 1. The van der Waals surface area contributed by atoms with Crippen molar-refractivity contribution in [2.75, 3.05) is 11.4 Å².